The number of likely N-dealkylation sites (tertiary alicyclic amines) is 1. The number of nitrogens with zero attached hydrogens (tertiary/aromatic N) is 1. The molecular formula is C10H18FNO. The number of fused-ring (bicyclic) bond motifs is 1. The lowest BCUT2D eigenvalue weighted by molar-refractivity contribution is 0.113. The highest BCUT2D eigenvalue weighted by Crippen LogP contribution is 2.28. The Morgan fingerprint density at radius 1 is 1.38 bits per heavy atom. The Labute approximate surface area is 79.1 Å². The molecule has 2 rings (SSSR count). The number of hydrogen-bond acceptors (Lipinski definition) is 2. The Kier molecular flexibility index (Phi) is 3.17. The van der Waals surface area contributed by atoms with Crippen molar-refractivity contribution < 1.29 is 9.13 Å². The van der Waals surface area contributed by atoms with Gasteiger partial charge in [0.1, 0.15) is 0 Å². The summed E-state index contributed by atoms with van der Waals surface area (Å²) in [5, 5.41) is 0. The van der Waals surface area contributed by atoms with Crippen LogP contribution in [0.1, 0.15) is 19.3 Å². The third-order valence-corrected chi connectivity index (χ3v) is 3.23. The van der Waals surface area contributed by atoms with Crippen molar-refractivity contribution in [2.75, 3.05) is 33.0 Å². The molecule has 2 aliphatic heterocycles. The van der Waals surface area contributed by atoms with Crippen LogP contribution in [0.15, 0.2) is 0 Å². The van der Waals surface area contributed by atoms with E-state index < -0.39 is 0 Å². The van der Waals surface area contributed by atoms with Gasteiger partial charge < -0.3 is 4.74 Å². The summed E-state index contributed by atoms with van der Waals surface area (Å²) in [5.41, 5.74) is 0. The fraction of sp³-hybridized carbons (Fsp3) is 1.00. The highest BCUT2D eigenvalue weighted by molar-refractivity contribution is 4.87. The van der Waals surface area contributed by atoms with Gasteiger partial charge in [0.15, 0.2) is 0 Å². The van der Waals surface area contributed by atoms with Gasteiger partial charge in [-0.3, -0.25) is 9.29 Å². The molecule has 0 amide bonds. The smallest absolute Gasteiger partial charge is 0.0906 e. The summed E-state index contributed by atoms with van der Waals surface area (Å²) < 4.78 is 17.5. The highest BCUT2D eigenvalue weighted by Gasteiger charge is 2.35. The number of halogens is 1. The van der Waals surface area contributed by atoms with E-state index >= 15 is 0 Å². The SMILES string of the molecule is FCCCN1CCC[C@H]2COC[C@H]21. The van der Waals surface area contributed by atoms with Crippen LogP contribution in [0.5, 0.6) is 0 Å². The van der Waals surface area contributed by atoms with E-state index in [1.54, 1.807) is 0 Å². The zero-order chi connectivity index (χ0) is 9.10. The molecule has 2 atom stereocenters. The molecule has 0 aromatic heterocycles. The van der Waals surface area contributed by atoms with Gasteiger partial charge in [0, 0.05) is 18.5 Å². The average Bonchev–Trinajstić information content (AvgIpc) is 2.62. The number of hydrogen-bond donors (Lipinski definition) is 0. The van der Waals surface area contributed by atoms with Crippen LogP contribution < -0.4 is 0 Å². The summed E-state index contributed by atoms with van der Waals surface area (Å²) in [6.45, 7) is 3.67. The minimum Gasteiger partial charge on any atom is -0.379 e. The molecule has 13 heavy (non-hydrogen) atoms. The highest BCUT2D eigenvalue weighted by atomic mass is 19.1. The van der Waals surface area contributed by atoms with Gasteiger partial charge in [-0.2, -0.15) is 0 Å². The Balaban J connectivity index is 1.86. The second-order valence-corrected chi connectivity index (χ2v) is 4.09. The first kappa shape index (κ1) is 9.41. The van der Waals surface area contributed by atoms with E-state index in [1.165, 1.54) is 12.8 Å². The second-order valence-electron chi connectivity index (χ2n) is 4.09. The van der Waals surface area contributed by atoms with Crippen molar-refractivity contribution in [1.82, 2.24) is 4.90 Å². The van der Waals surface area contributed by atoms with E-state index in [4.69, 9.17) is 4.74 Å². The topological polar surface area (TPSA) is 12.5 Å². The maximum Gasteiger partial charge on any atom is 0.0906 e. The van der Waals surface area contributed by atoms with E-state index in [0.717, 1.165) is 32.2 Å². The predicted molar refractivity (Wildman–Crippen MR) is 49.5 cm³/mol. The molecule has 76 valence electrons. The molecule has 0 unspecified atom stereocenters. The van der Waals surface area contributed by atoms with Crippen LogP contribution in [-0.2, 0) is 4.74 Å². The van der Waals surface area contributed by atoms with Gasteiger partial charge >= 0.3 is 0 Å². The Morgan fingerprint density at radius 3 is 3.15 bits per heavy atom. The molecule has 0 aliphatic carbocycles. The molecule has 0 bridgehead atoms. The lowest BCUT2D eigenvalue weighted by Crippen LogP contribution is -2.45. The van der Waals surface area contributed by atoms with E-state index in [9.17, 15) is 4.39 Å². The molecule has 2 fully saturated rings. The van der Waals surface area contributed by atoms with Crippen molar-refractivity contribution in [3.8, 4) is 0 Å². The number of piperidine rings is 1. The monoisotopic (exact) mass is 187 g/mol. The van der Waals surface area contributed by atoms with E-state index in [2.05, 4.69) is 4.90 Å². The minimum absolute atomic E-state index is 0.186. The van der Waals surface area contributed by atoms with Crippen molar-refractivity contribution in [2.45, 2.75) is 25.3 Å². The van der Waals surface area contributed by atoms with Crippen molar-refractivity contribution in [3.63, 3.8) is 0 Å². The van der Waals surface area contributed by atoms with Crippen molar-refractivity contribution >= 4 is 0 Å². The van der Waals surface area contributed by atoms with E-state index in [1.807, 2.05) is 0 Å². The van der Waals surface area contributed by atoms with Crippen LogP contribution >= 0.6 is 0 Å². The van der Waals surface area contributed by atoms with Crippen molar-refractivity contribution in [3.05, 3.63) is 0 Å². The number of ether oxygens (including phenoxy) is 1. The first-order valence-corrected chi connectivity index (χ1v) is 5.29. The summed E-state index contributed by atoms with van der Waals surface area (Å²) in [7, 11) is 0. The number of alkyl halides is 1. The molecule has 0 N–H and O–H groups in total. The molecule has 2 nitrogen and oxygen atoms in total. The second kappa shape index (κ2) is 4.38. The summed E-state index contributed by atoms with van der Waals surface area (Å²) in [4.78, 5) is 2.42. The van der Waals surface area contributed by atoms with Gasteiger partial charge in [-0.25, -0.2) is 0 Å². The summed E-state index contributed by atoms with van der Waals surface area (Å²) >= 11 is 0. The fourth-order valence-electron chi connectivity index (χ4n) is 2.53. The van der Waals surface area contributed by atoms with Gasteiger partial charge in [-0.15, -0.1) is 0 Å². The summed E-state index contributed by atoms with van der Waals surface area (Å²) in [6, 6.07) is 0.597. The van der Waals surface area contributed by atoms with E-state index in [-0.39, 0.29) is 6.67 Å². The van der Waals surface area contributed by atoms with Gasteiger partial charge in [0.2, 0.25) is 0 Å². The largest absolute Gasteiger partial charge is 0.379 e. The zero-order valence-electron chi connectivity index (χ0n) is 8.04. The molecule has 0 saturated carbocycles. The lowest BCUT2D eigenvalue weighted by atomic mass is 9.92. The average molecular weight is 187 g/mol. The van der Waals surface area contributed by atoms with Gasteiger partial charge in [0.25, 0.3) is 0 Å². The Hall–Kier alpha value is -0.150. The molecular weight excluding hydrogens is 169 g/mol. The van der Waals surface area contributed by atoms with Crippen LogP contribution in [0.3, 0.4) is 0 Å². The lowest BCUT2D eigenvalue weighted by Gasteiger charge is -2.36. The standard InChI is InChI=1S/C10H18FNO/c11-4-2-6-12-5-1-3-9-7-13-8-10(9)12/h9-10H,1-8H2/t9-,10+/m0/s1. The van der Waals surface area contributed by atoms with Crippen LogP contribution in [0.4, 0.5) is 4.39 Å². The predicted octanol–water partition coefficient (Wildman–Crippen LogP) is 1.46. The molecule has 0 radical (unpaired) electrons. The molecule has 3 heteroatoms. The van der Waals surface area contributed by atoms with Crippen molar-refractivity contribution in [2.24, 2.45) is 5.92 Å². The zero-order valence-corrected chi connectivity index (χ0v) is 8.04. The van der Waals surface area contributed by atoms with Crippen LogP contribution in [0.2, 0.25) is 0 Å². The Bertz CT molecular complexity index is 165. The summed E-state index contributed by atoms with van der Waals surface area (Å²) in [6.07, 6.45) is 3.25. The first-order valence-electron chi connectivity index (χ1n) is 5.29. The molecule has 0 aromatic carbocycles. The maximum atomic E-state index is 12.0. The van der Waals surface area contributed by atoms with Gasteiger partial charge in [0.05, 0.1) is 19.9 Å². The normalized spacial score (nSPS) is 34.8. The quantitative estimate of drug-likeness (QED) is 0.663. The molecule has 0 aromatic rings. The third-order valence-electron chi connectivity index (χ3n) is 3.23. The molecule has 2 aliphatic rings. The fourth-order valence-corrected chi connectivity index (χ4v) is 2.53. The third kappa shape index (κ3) is 2.02. The summed E-state index contributed by atoms with van der Waals surface area (Å²) in [5.74, 6) is 0.730. The van der Waals surface area contributed by atoms with Crippen molar-refractivity contribution in [1.29, 1.82) is 0 Å². The molecule has 2 saturated heterocycles. The molecule has 0 spiro atoms. The maximum absolute atomic E-state index is 12.0. The Morgan fingerprint density at radius 2 is 2.31 bits per heavy atom. The van der Waals surface area contributed by atoms with Crippen LogP contribution in [0.25, 0.3) is 0 Å². The first-order chi connectivity index (χ1) is 6.42. The van der Waals surface area contributed by atoms with Crippen LogP contribution in [-0.4, -0.2) is 43.9 Å². The molecule has 2 heterocycles. The van der Waals surface area contributed by atoms with Gasteiger partial charge in [-0.1, -0.05) is 0 Å². The number of rotatable bonds is 3. The minimum atomic E-state index is -0.186. The van der Waals surface area contributed by atoms with Gasteiger partial charge in [-0.05, 0) is 25.8 Å². The van der Waals surface area contributed by atoms with Crippen LogP contribution in [0, 0.1) is 5.92 Å². The van der Waals surface area contributed by atoms with E-state index in [0.29, 0.717) is 12.5 Å².